The Balaban J connectivity index is 3.76. The second-order valence-corrected chi connectivity index (χ2v) is 4.69. The lowest BCUT2D eigenvalue weighted by Gasteiger charge is -2.27. The van der Waals surface area contributed by atoms with E-state index >= 15 is 0 Å². The van der Waals surface area contributed by atoms with Crippen molar-refractivity contribution in [3.8, 4) is 5.75 Å². The first-order chi connectivity index (χ1) is 11.0. The van der Waals surface area contributed by atoms with Crippen LogP contribution in [0.3, 0.4) is 0 Å². The first kappa shape index (κ1) is 21.0. The number of hydrogen-bond acceptors (Lipinski definition) is 1. The van der Waals surface area contributed by atoms with Crippen molar-refractivity contribution in [3.63, 3.8) is 0 Å². The van der Waals surface area contributed by atoms with Crippen molar-refractivity contribution in [3.05, 3.63) is 41.2 Å². The lowest BCUT2D eigenvalue weighted by atomic mass is 10.1. The fraction of sp³-hybridized carbons (Fsp3) is 0.385. The van der Waals surface area contributed by atoms with Crippen molar-refractivity contribution in [2.75, 3.05) is 0 Å². The van der Waals surface area contributed by atoms with E-state index in [1.54, 1.807) is 0 Å². The fourth-order valence-electron chi connectivity index (χ4n) is 1.62. The second kappa shape index (κ2) is 6.37. The summed E-state index contributed by atoms with van der Waals surface area (Å²) < 4.78 is 143. The Bertz CT molecular complexity index is 633. The van der Waals surface area contributed by atoms with Gasteiger partial charge in [-0.15, -0.1) is 0 Å². The molecule has 0 spiro atoms. The van der Waals surface area contributed by atoms with Gasteiger partial charge in [-0.25, -0.2) is 0 Å². The molecule has 0 atom stereocenters. The summed E-state index contributed by atoms with van der Waals surface area (Å²) in [6.07, 6.45) is -19.9. The lowest BCUT2D eigenvalue weighted by Crippen LogP contribution is -2.44. The molecule has 0 aliphatic carbocycles. The third-order valence-electron chi connectivity index (χ3n) is 2.64. The lowest BCUT2D eigenvalue weighted by molar-refractivity contribution is -0.277. The van der Waals surface area contributed by atoms with Crippen molar-refractivity contribution < 1.29 is 53.0 Å². The molecule has 0 N–H and O–H groups in total. The van der Waals surface area contributed by atoms with E-state index in [2.05, 4.69) is 4.74 Å². The molecule has 1 rings (SSSR count). The number of hydrogen-bond donors (Lipinski definition) is 0. The number of aryl methyl sites for hydroxylation is 1. The SMILES string of the molecule is Cc1cccc(OC(=C(C(F)(F)F)C(F)(F)F)C(F)(F)C(F)(F)F)c1. The highest BCUT2D eigenvalue weighted by Gasteiger charge is 2.68. The first-order valence-electron chi connectivity index (χ1n) is 6.06. The minimum Gasteiger partial charge on any atom is -0.454 e. The highest BCUT2D eigenvalue weighted by atomic mass is 19.4. The molecule has 0 unspecified atom stereocenters. The van der Waals surface area contributed by atoms with Crippen LogP contribution in [-0.2, 0) is 0 Å². The number of halogens is 11. The summed E-state index contributed by atoms with van der Waals surface area (Å²) in [5, 5.41) is 0. The standard InChI is InChI=1S/C13H7F11O/c1-6-3-2-4-7(5-6)25-9(10(14,15)13(22,23)24)8(11(16,17)18)12(19,20)21/h2-5H,1H3. The van der Waals surface area contributed by atoms with Crippen LogP contribution in [0.15, 0.2) is 35.6 Å². The second-order valence-electron chi connectivity index (χ2n) is 4.69. The number of alkyl halides is 11. The van der Waals surface area contributed by atoms with Gasteiger partial charge in [-0.1, -0.05) is 12.1 Å². The average Bonchev–Trinajstić information content (AvgIpc) is 2.33. The Hall–Kier alpha value is -2.01. The molecule has 142 valence electrons. The van der Waals surface area contributed by atoms with Crippen LogP contribution in [0.5, 0.6) is 5.75 Å². The van der Waals surface area contributed by atoms with E-state index in [1.807, 2.05) is 0 Å². The Morgan fingerprint density at radius 1 is 0.800 bits per heavy atom. The van der Waals surface area contributed by atoms with Crippen LogP contribution in [0.1, 0.15) is 5.56 Å². The van der Waals surface area contributed by atoms with Crippen LogP contribution in [0.4, 0.5) is 48.3 Å². The zero-order valence-electron chi connectivity index (χ0n) is 11.9. The molecule has 0 aliphatic rings. The fourth-order valence-corrected chi connectivity index (χ4v) is 1.62. The molecule has 0 heterocycles. The van der Waals surface area contributed by atoms with Gasteiger partial charge in [0.25, 0.3) is 0 Å². The number of rotatable bonds is 3. The van der Waals surface area contributed by atoms with E-state index < -0.39 is 41.5 Å². The monoisotopic (exact) mass is 388 g/mol. The van der Waals surface area contributed by atoms with Crippen LogP contribution >= 0.6 is 0 Å². The molecule has 25 heavy (non-hydrogen) atoms. The maximum absolute atomic E-state index is 13.4. The minimum absolute atomic E-state index is 0.132. The molecule has 0 fully saturated rings. The normalized spacial score (nSPS) is 13.6. The van der Waals surface area contributed by atoms with Crippen LogP contribution in [0, 0.1) is 6.92 Å². The van der Waals surface area contributed by atoms with Gasteiger partial charge in [0.2, 0.25) is 5.76 Å². The zero-order valence-corrected chi connectivity index (χ0v) is 11.9. The Kier molecular flexibility index (Phi) is 5.36. The van der Waals surface area contributed by atoms with Crippen molar-refractivity contribution in [1.29, 1.82) is 0 Å². The summed E-state index contributed by atoms with van der Waals surface area (Å²) in [6.45, 7) is 1.26. The molecule has 1 nitrogen and oxygen atoms in total. The zero-order chi connectivity index (χ0) is 19.8. The highest BCUT2D eigenvalue weighted by molar-refractivity contribution is 5.34. The van der Waals surface area contributed by atoms with Crippen LogP contribution in [0.25, 0.3) is 0 Å². The van der Waals surface area contributed by atoms with E-state index in [9.17, 15) is 48.3 Å². The number of allylic oxidation sites excluding steroid dienone is 2. The Morgan fingerprint density at radius 2 is 1.28 bits per heavy atom. The van der Waals surface area contributed by atoms with Crippen LogP contribution in [-0.4, -0.2) is 24.5 Å². The minimum atomic E-state index is -6.76. The summed E-state index contributed by atoms with van der Waals surface area (Å²) in [7, 11) is 0. The third kappa shape index (κ3) is 4.75. The summed E-state index contributed by atoms with van der Waals surface area (Å²) >= 11 is 0. The maximum Gasteiger partial charge on any atom is 0.461 e. The molecule has 12 heteroatoms. The third-order valence-corrected chi connectivity index (χ3v) is 2.64. The number of benzene rings is 1. The summed E-state index contributed by atoms with van der Waals surface area (Å²) in [5.74, 6) is -11.2. The molecule has 1 aromatic rings. The van der Waals surface area contributed by atoms with E-state index in [1.165, 1.54) is 13.0 Å². The van der Waals surface area contributed by atoms with Gasteiger partial charge in [-0.2, -0.15) is 48.3 Å². The van der Waals surface area contributed by atoms with Gasteiger partial charge in [0, 0.05) is 0 Å². The van der Waals surface area contributed by atoms with E-state index in [-0.39, 0.29) is 5.56 Å². The van der Waals surface area contributed by atoms with Gasteiger partial charge < -0.3 is 4.74 Å². The van der Waals surface area contributed by atoms with E-state index in [0.29, 0.717) is 12.1 Å². The van der Waals surface area contributed by atoms with Crippen LogP contribution < -0.4 is 4.74 Å². The van der Waals surface area contributed by atoms with Crippen LogP contribution in [0.2, 0.25) is 0 Å². The van der Waals surface area contributed by atoms with Crippen molar-refractivity contribution in [1.82, 2.24) is 0 Å². The maximum atomic E-state index is 13.4. The molecule has 0 aliphatic heterocycles. The van der Waals surface area contributed by atoms with Crippen molar-refractivity contribution in [2.24, 2.45) is 0 Å². The van der Waals surface area contributed by atoms with Gasteiger partial charge in [0.1, 0.15) is 5.75 Å². The summed E-state index contributed by atoms with van der Waals surface area (Å²) in [6, 6.07) is 3.56. The largest absolute Gasteiger partial charge is 0.461 e. The topological polar surface area (TPSA) is 9.23 Å². The Morgan fingerprint density at radius 3 is 1.64 bits per heavy atom. The van der Waals surface area contributed by atoms with E-state index in [4.69, 9.17) is 0 Å². The van der Waals surface area contributed by atoms with Crippen molar-refractivity contribution >= 4 is 0 Å². The molecule has 0 radical (unpaired) electrons. The van der Waals surface area contributed by atoms with Gasteiger partial charge in [0.15, 0.2) is 5.57 Å². The van der Waals surface area contributed by atoms with Gasteiger partial charge >= 0.3 is 24.5 Å². The number of ether oxygens (including phenoxy) is 1. The van der Waals surface area contributed by atoms with Gasteiger partial charge in [-0.05, 0) is 24.6 Å². The predicted molar refractivity (Wildman–Crippen MR) is 61.9 cm³/mol. The molecule has 0 aromatic heterocycles. The molecular weight excluding hydrogens is 381 g/mol. The molecule has 0 amide bonds. The molecule has 0 bridgehead atoms. The smallest absolute Gasteiger partial charge is 0.454 e. The first-order valence-corrected chi connectivity index (χ1v) is 6.06. The quantitative estimate of drug-likeness (QED) is 0.459. The Labute approximate surface area is 132 Å². The molecular formula is C13H7F11O. The average molecular weight is 388 g/mol. The van der Waals surface area contributed by atoms with Crippen molar-refractivity contribution in [2.45, 2.75) is 31.4 Å². The molecule has 0 saturated heterocycles. The molecule has 1 aromatic carbocycles. The molecule has 0 saturated carbocycles. The summed E-state index contributed by atoms with van der Waals surface area (Å²) in [5.41, 5.74) is -3.95. The van der Waals surface area contributed by atoms with E-state index in [0.717, 1.165) is 6.07 Å². The van der Waals surface area contributed by atoms with Gasteiger partial charge in [-0.3, -0.25) is 0 Å². The predicted octanol–water partition coefficient (Wildman–Crippen LogP) is 5.95. The summed E-state index contributed by atoms with van der Waals surface area (Å²) in [4.78, 5) is 0. The highest BCUT2D eigenvalue weighted by Crippen LogP contribution is 2.49. The van der Waals surface area contributed by atoms with Gasteiger partial charge in [0.05, 0.1) is 0 Å².